The molecule has 244 valence electrons. The Morgan fingerprint density at radius 3 is 2.30 bits per heavy atom. The number of H-pyrrole nitrogens is 1. The number of hydrogen-bond donors (Lipinski definition) is 3. The topological polar surface area (TPSA) is 120 Å². The van der Waals surface area contributed by atoms with Crippen molar-refractivity contribution in [1.29, 1.82) is 0 Å². The van der Waals surface area contributed by atoms with Crippen LogP contribution in [0.3, 0.4) is 0 Å². The average molecular weight is 646 g/mol. The number of aromatic amines is 1. The molecule has 2 aromatic carbocycles. The van der Waals surface area contributed by atoms with Crippen LogP contribution in [0.4, 0.5) is 10.5 Å². The Labute approximate surface area is 275 Å². The Kier molecular flexibility index (Phi) is 9.62. The second-order valence-electron chi connectivity index (χ2n) is 13.2. The van der Waals surface area contributed by atoms with Gasteiger partial charge in [-0.15, -0.1) is 6.42 Å². The molecule has 0 aliphatic carbocycles. The highest BCUT2D eigenvalue weighted by atomic mass is 35.5. The number of halogens is 1. The summed E-state index contributed by atoms with van der Waals surface area (Å²) in [5.41, 5.74) is 9.14. The number of hydrogen-bond acceptors (Lipinski definition) is 5. The van der Waals surface area contributed by atoms with Gasteiger partial charge in [-0.3, -0.25) is 9.36 Å². The van der Waals surface area contributed by atoms with E-state index in [0.29, 0.717) is 67.1 Å². The summed E-state index contributed by atoms with van der Waals surface area (Å²) in [5.74, 6) is 3.83. The predicted octanol–water partition coefficient (Wildman–Crippen LogP) is 4.08. The Morgan fingerprint density at radius 2 is 1.63 bits per heavy atom. The summed E-state index contributed by atoms with van der Waals surface area (Å²) >= 11 is 6.40. The van der Waals surface area contributed by atoms with Gasteiger partial charge in [-0.05, 0) is 100 Å². The van der Waals surface area contributed by atoms with Crippen LogP contribution in [-0.4, -0.2) is 88.5 Å². The monoisotopic (exact) mass is 645 g/mol. The van der Waals surface area contributed by atoms with Gasteiger partial charge in [0.25, 0.3) is 0 Å². The molecule has 3 aliphatic rings. The smallest absolute Gasteiger partial charge is 0.326 e. The number of nitrogens with one attached hydrogen (secondary N) is 2. The number of carbonyl (C=O) groups excluding carboxylic acids is 2. The van der Waals surface area contributed by atoms with E-state index < -0.39 is 6.04 Å². The number of aromatic nitrogens is 2. The van der Waals surface area contributed by atoms with Crippen molar-refractivity contribution in [3.8, 4) is 12.3 Å². The van der Waals surface area contributed by atoms with Gasteiger partial charge < -0.3 is 30.7 Å². The Balaban J connectivity index is 1.14. The van der Waals surface area contributed by atoms with Crippen LogP contribution >= 0.6 is 11.6 Å². The SMILES string of the molecule is C#Cc1cc(C[C@@H](NC(=O)N2CCC(n3c(=O)[nH]c4ccccc43)CC2)C(=O)N2CCC(C3CCN(C)CC3)CC2)cc(Cl)c1N. The molecule has 0 saturated carbocycles. The van der Waals surface area contributed by atoms with Crippen molar-refractivity contribution in [2.75, 3.05) is 52.0 Å². The van der Waals surface area contributed by atoms with Crippen molar-refractivity contribution in [1.82, 2.24) is 29.6 Å². The minimum Gasteiger partial charge on any atom is -0.397 e. The van der Waals surface area contributed by atoms with Gasteiger partial charge in [0.05, 0.1) is 21.7 Å². The van der Waals surface area contributed by atoms with Gasteiger partial charge in [-0.1, -0.05) is 29.7 Å². The van der Waals surface area contributed by atoms with Gasteiger partial charge in [0.1, 0.15) is 6.04 Å². The van der Waals surface area contributed by atoms with Crippen LogP contribution in [0.15, 0.2) is 41.2 Å². The normalized spacial score (nSPS) is 19.7. The molecule has 10 nitrogen and oxygen atoms in total. The Morgan fingerprint density at radius 1 is 1.00 bits per heavy atom. The number of nitrogens with two attached hydrogens (primary N) is 1. The molecule has 4 heterocycles. The number of carbonyl (C=O) groups is 2. The van der Waals surface area contributed by atoms with E-state index in [1.807, 2.05) is 29.2 Å². The minimum atomic E-state index is -0.786. The number of imidazole rings is 1. The first-order valence-electron chi connectivity index (χ1n) is 16.5. The van der Waals surface area contributed by atoms with Crippen LogP contribution in [0, 0.1) is 24.2 Å². The highest BCUT2D eigenvalue weighted by molar-refractivity contribution is 6.33. The summed E-state index contributed by atoms with van der Waals surface area (Å²) in [6.45, 7) is 4.59. The van der Waals surface area contributed by atoms with Crippen molar-refractivity contribution in [2.45, 2.75) is 57.0 Å². The molecule has 3 fully saturated rings. The fraction of sp³-hybridized carbons (Fsp3) is 0.514. The third-order valence-corrected chi connectivity index (χ3v) is 10.7. The maximum Gasteiger partial charge on any atom is 0.326 e. The number of terminal acetylenes is 1. The van der Waals surface area contributed by atoms with Crippen LogP contribution in [0.25, 0.3) is 11.0 Å². The summed E-state index contributed by atoms with van der Waals surface area (Å²) in [6, 6.07) is 10.1. The highest BCUT2D eigenvalue weighted by Gasteiger charge is 2.35. The van der Waals surface area contributed by atoms with Crippen molar-refractivity contribution >= 4 is 40.3 Å². The fourth-order valence-electron chi connectivity index (χ4n) is 7.66. The highest BCUT2D eigenvalue weighted by Crippen LogP contribution is 2.33. The molecule has 1 atom stereocenters. The molecule has 0 bridgehead atoms. The van der Waals surface area contributed by atoms with Gasteiger partial charge in [-0.25, -0.2) is 9.59 Å². The second-order valence-corrected chi connectivity index (χ2v) is 13.6. The van der Waals surface area contributed by atoms with E-state index in [-0.39, 0.29) is 30.1 Å². The molecule has 3 amide bonds. The first-order chi connectivity index (χ1) is 22.2. The van der Waals surface area contributed by atoms with Crippen LogP contribution in [0.5, 0.6) is 0 Å². The maximum absolute atomic E-state index is 14.1. The molecule has 6 rings (SSSR count). The van der Waals surface area contributed by atoms with Gasteiger partial charge in [0.15, 0.2) is 0 Å². The molecule has 0 unspecified atom stereocenters. The zero-order valence-corrected chi connectivity index (χ0v) is 27.3. The van der Waals surface area contributed by atoms with Gasteiger partial charge in [-0.2, -0.15) is 0 Å². The molecular formula is C35H44ClN7O3. The lowest BCUT2D eigenvalue weighted by Crippen LogP contribution is -2.55. The van der Waals surface area contributed by atoms with Gasteiger partial charge in [0.2, 0.25) is 5.91 Å². The van der Waals surface area contributed by atoms with E-state index in [9.17, 15) is 14.4 Å². The summed E-state index contributed by atoms with van der Waals surface area (Å²) in [6.07, 6.45) is 11.6. The number of fused-ring (bicyclic) bond motifs is 1. The number of piperidine rings is 3. The molecule has 3 aromatic rings. The maximum atomic E-state index is 14.1. The molecule has 11 heteroatoms. The number of amides is 3. The van der Waals surface area contributed by atoms with Crippen LogP contribution in [0.2, 0.25) is 5.02 Å². The molecule has 0 spiro atoms. The Hall–Kier alpha value is -3.94. The molecule has 46 heavy (non-hydrogen) atoms. The lowest BCUT2D eigenvalue weighted by atomic mass is 9.79. The zero-order chi connectivity index (χ0) is 32.4. The number of para-hydroxylation sites is 2. The summed E-state index contributed by atoms with van der Waals surface area (Å²) in [4.78, 5) is 49.5. The number of likely N-dealkylation sites (tertiary alicyclic amines) is 3. The van der Waals surface area contributed by atoms with E-state index in [2.05, 4.69) is 28.2 Å². The van der Waals surface area contributed by atoms with E-state index in [1.54, 1.807) is 21.6 Å². The fourth-order valence-corrected chi connectivity index (χ4v) is 7.90. The lowest BCUT2D eigenvalue weighted by Gasteiger charge is -2.40. The second kappa shape index (κ2) is 13.8. The molecule has 1 aromatic heterocycles. The Bertz CT molecular complexity index is 1670. The van der Waals surface area contributed by atoms with Crippen molar-refractivity contribution < 1.29 is 9.59 Å². The lowest BCUT2D eigenvalue weighted by molar-refractivity contribution is -0.135. The minimum absolute atomic E-state index is 0.0184. The molecular weight excluding hydrogens is 602 g/mol. The number of urea groups is 1. The largest absolute Gasteiger partial charge is 0.397 e. The van der Waals surface area contributed by atoms with Crippen LogP contribution in [0.1, 0.15) is 55.7 Å². The van der Waals surface area contributed by atoms with E-state index in [4.69, 9.17) is 23.8 Å². The third-order valence-electron chi connectivity index (χ3n) is 10.4. The summed E-state index contributed by atoms with van der Waals surface area (Å²) in [7, 11) is 2.18. The molecule has 4 N–H and O–H groups in total. The first-order valence-corrected chi connectivity index (χ1v) is 16.9. The summed E-state index contributed by atoms with van der Waals surface area (Å²) in [5, 5.41) is 3.39. The first kappa shape index (κ1) is 32.0. The van der Waals surface area contributed by atoms with E-state index in [1.165, 1.54) is 12.8 Å². The standard InChI is InChI=1S/C35H44ClN7O3/c1-3-24-20-23(21-28(36)32(24)37)22-30(33(44)41-16-10-26(11-17-41)25-8-14-40(2)15-9-25)39-34(45)42-18-12-27(13-19-42)43-31-7-5-4-6-29(31)38-35(43)46/h1,4-7,20-21,25-27,30H,8-19,22,37H2,2H3,(H,38,46)(H,39,45)/t30-/m1/s1. The molecule has 0 radical (unpaired) electrons. The van der Waals surface area contributed by atoms with Crippen molar-refractivity contribution in [3.63, 3.8) is 0 Å². The molecule has 3 aliphatic heterocycles. The van der Waals surface area contributed by atoms with Crippen molar-refractivity contribution in [2.24, 2.45) is 11.8 Å². The number of nitrogen functional groups attached to an aromatic ring is 1. The third kappa shape index (κ3) is 6.76. The van der Waals surface area contributed by atoms with Crippen LogP contribution < -0.4 is 16.7 Å². The number of rotatable bonds is 6. The molecule has 3 saturated heterocycles. The van der Waals surface area contributed by atoms with E-state index >= 15 is 0 Å². The zero-order valence-electron chi connectivity index (χ0n) is 26.5. The van der Waals surface area contributed by atoms with Crippen LogP contribution in [-0.2, 0) is 11.2 Å². The predicted molar refractivity (Wildman–Crippen MR) is 182 cm³/mol. The quantitative estimate of drug-likeness (QED) is 0.276. The van der Waals surface area contributed by atoms with E-state index in [0.717, 1.165) is 42.5 Å². The number of benzene rings is 2. The average Bonchev–Trinajstić information content (AvgIpc) is 3.41. The number of nitrogens with zero attached hydrogens (tertiary/aromatic N) is 4. The van der Waals surface area contributed by atoms with Crippen molar-refractivity contribution in [3.05, 3.63) is 63.0 Å². The van der Waals surface area contributed by atoms with Gasteiger partial charge >= 0.3 is 11.7 Å². The summed E-state index contributed by atoms with van der Waals surface area (Å²) < 4.78 is 1.81. The van der Waals surface area contributed by atoms with Gasteiger partial charge in [0, 0.05) is 44.2 Å². The number of anilines is 1.